The second kappa shape index (κ2) is 4.45. The van der Waals surface area contributed by atoms with Gasteiger partial charge < -0.3 is 0 Å². The number of hydrazine groups is 1. The molecule has 0 aromatic heterocycles. The Morgan fingerprint density at radius 3 is 2.47 bits per heavy atom. The van der Waals surface area contributed by atoms with E-state index in [1.165, 1.54) is 5.56 Å². The van der Waals surface area contributed by atoms with Crippen LogP contribution in [0.3, 0.4) is 0 Å². The zero-order chi connectivity index (χ0) is 11.6. The SMILES string of the molecule is Cc1ccc(C(C)C(=O)N(C)N)c(C)c1. The second-order valence-electron chi connectivity index (χ2n) is 4.03. The van der Waals surface area contributed by atoms with Crippen molar-refractivity contribution in [2.24, 2.45) is 5.84 Å². The number of carbonyl (C=O) groups is 1. The van der Waals surface area contributed by atoms with Gasteiger partial charge in [-0.05, 0) is 31.9 Å². The van der Waals surface area contributed by atoms with Gasteiger partial charge in [0.1, 0.15) is 0 Å². The highest BCUT2D eigenvalue weighted by Gasteiger charge is 2.18. The van der Waals surface area contributed by atoms with Gasteiger partial charge in [-0.3, -0.25) is 9.80 Å². The quantitative estimate of drug-likeness (QED) is 0.455. The number of aryl methyl sites for hydroxylation is 2. The molecule has 3 nitrogen and oxygen atoms in total. The summed E-state index contributed by atoms with van der Waals surface area (Å²) in [5.41, 5.74) is 3.39. The standard InChI is InChI=1S/C12H18N2O/c1-8-5-6-11(9(2)7-8)10(3)12(15)14(4)13/h5-7,10H,13H2,1-4H3. The summed E-state index contributed by atoms with van der Waals surface area (Å²) >= 11 is 0. The van der Waals surface area contributed by atoms with Gasteiger partial charge in [0.25, 0.3) is 0 Å². The highest BCUT2D eigenvalue weighted by molar-refractivity contribution is 5.83. The van der Waals surface area contributed by atoms with Crippen LogP contribution >= 0.6 is 0 Å². The number of likely N-dealkylation sites (N-methyl/N-ethyl adjacent to an activating group) is 1. The normalized spacial score (nSPS) is 12.3. The third kappa shape index (κ3) is 2.57. The molecule has 15 heavy (non-hydrogen) atoms. The number of hydrogen-bond donors (Lipinski definition) is 1. The molecule has 0 fully saturated rings. The molecule has 0 aliphatic rings. The molecule has 3 heteroatoms. The van der Waals surface area contributed by atoms with E-state index in [4.69, 9.17) is 5.84 Å². The number of nitrogens with zero attached hydrogens (tertiary/aromatic N) is 1. The molecule has 1 aromatic carbocycles. The van der Waals surface area contributed by atoms with E-state index in [0.29, 0.717) is 0 Å². The van der Waals surface area contributed by atoms with Gasteiger partial charge in [-0.2, -0.15) is 0 Å². The molecular weight excluding hydrogens is 188 g/mol. The second-order valence-corrected chi connectivity index (χ2v) is 4.03. The van der Waals surface area contributed by atoms with Gasteiger partial charge in [0.2, 0.25) is 5.91 Å². The molecule has 0 radical (unpaired) electrons. The van der Waals surface area contributed by atoms with Gasteiger partial charge >= 0.3 is 0 Å². The summed E-state index contributed by atoms with van der Waals surface area (Å²) in [6.45, 7) is 5.93. The molecule has 1 aromatic rings. The van der Waals surface area contributed by atoms with Crippen molar-refractivity contribution in [2.45, 2.75) is 26.7 Å². The number of carbonyl (C=O) groups excluding carboxylic acids is 1. The van der Waals surface area contributed by atoms with Crippen LogP contribution in [0, 0.1) is 13.8 Å². The van der Waals surface area contributed by atoms with Crippen LogP contribution in [0.5, 0.6) is 0 Å². The van der Waals surface area contributed by atoms with Crippen molar-refractivity contribution in [1.82, 2.24) is 5.01 Å². The molecule has 0 saturated carbocycles. The Kier molecular flexibility index (Phi) is 3.48. The maximum Gasteiger partial charge on any atom is 0.243 e. The van der Waals surface area contributed by atoms with Gasteiger partial charge in [-0.25, -0.2) is 5.84 Å². The maximum absolute atomic E-state index is 11.7. The minimum absolute atomic E-state index is 0.0676. The van der Waals surface area contributed by atoms with Gasteiger partial charge in [-0.15, -0.1) is 0 Å². The predicted octanol–water partition coefficient (Wildman–Crippen LogP) is 1.74. The third-order valence-corrected chi connectivity index (χ3v) is 2.61. The van der Waals surface area contributed by atoms with Crippen LogP contribution in [0.15, 0.2) is 18.2 Å². The number of nitrogens with two attached hydrogens (primary N) is 1. The van der Waals surface area contributed by atoms with Crippen LogP contribution in [0.25, 0.3) is 0 Å². The van der Waals surface area contributed by atoms with Crippen LogP contribution in [0.2, 0.25) is 0 Å². The number of amides is 1. The zero-order valence-corrected chi connectivity index (χ0v) is 9.74. The fourth-order valence-electron chi connectivity index (χ4n) is 1.75. The molecule has 0 heterocycles. The third-order valence-electron chi connectivity index (χ3n) is 2.61. The molecule has 1 atom stereocenters. The lowest BCUT2D eigenvalue weighted by molar-refractivity contribution is -0.131. The number of hydrogen-bond acceptors (Lipinski definition) is 2. The molecule has 1 unspecified atom stereocenters. The van der Waals surface area contributed by atoms with E-state index in [0.717, 1.165) is 16.1 Å². The van der Waals surface area contributed by atoms with E-state index in [1.807, 2.05) is 32.9 Å². The van der Waals surface area contributed by atoms with Crippen molar-refractivity contribution in [3.05, 3.63) is 34.9 Å². The highest BCUT2D eigenvalue weighted by Crippen LogP contribution is 2.21. The Labute approximate surface area is 90.9 Å². The number of benzene rings is 1. The zero-order valence-electron chi connectivity index (χ0n) is 9.74. The minimum atomic E-state index is -0.180. The van der Waals surface area contributed by atoms with Crippen LogP contribution in [0.1, 0.15) is 29.5 Å². The Morgan fingerprint density at radius 2 is 2.00 bits per heavy atom. The predicted molar refractivity (Wildman–Crippen MR) is 61.3 cm³/mol. The maximum atomic E-state index is 11.7. The van der Waals surface area contributed by atoms with Gasteiger partial charge in [0, 0.05) is 7.05 Å². The molecule has 0 saturated heterocycles. The van der Waals surface area contributed by atoms with E-state index in [9.17, 15) is 4.79 Å². The fraction of sp³-hybridized carbons (Fsp3) is 0.417. The first-order chi connectivity index (χ1) is 6.93. The Hall–Kier alpha value is -1.35. The first-order valence-corrected chi connectivity index (χ1v) is 5.03. The van der Waals surface area contributed by atoms with E-state index in [-0.39, 0.29) is 11.8 Å². The van der Waals surface area contributed by atoms with Gasteiger partial charge in [-0.1, -0.05) is 23.8 Å². The molecule has 0 aliphatic heterocycles. The van der Waals surface area contributed by atoms with Crippen molar-refractivity contribution < 1.29 is 4.79 Å². The van der Waals surface area contributed by atoms with Gasteiger partial charge in [0.15, 0.2) is 0 Å². The van der Waals surface area contributed by atoms with Crippen LogP contribution < -0.4 is 5.84 Å². The van der Waals surface area contributed by atoms with Crippen LogP contribution in [-0.4, -0.2) is 18.0 Å². The van der Waals surface area contributed by atoms with Crippen LogP contribution in [-0.2, 0) is 4.79 Å². The summed E-state index contributed by atoms with van der Waals surface area (Å²) in [6, 6.07) is 6.09. The first-order valence-electron chi connectivity index (χ1n) is 5.03. The molecule has 0 spiro atoms. The largest absolute Gasteiger partial charge is 0.283 e. The van der Waals surface area contributed by atoms with Crippen molar-refractivity contribution in [1.29, 1.82) is 0 Å². The lowest BCUT2D eigenvalue weighted by Gasteiger charge is -2.18. The average molecular weight is 206 g/mol. The summed E-state index contributed by atoms with van der Waals surface area (Å²) in [5, 5.41) is 1.14. The van der Waals surface area contributed by atoms with Crippen molar-refractivity contribution in [3.8, 4) is 0 Å². The summed E-state index contributed by atoms with van der Waals surface area (Å²) < 4.78 is 0. The summed E-state index contributed by atoms with van der Waals surface area (Å²) in [7, 11) is 1.57. The molecule has 1 rings (SSSR count). The topological polar surface area (TPSA) is 46.3 Å². The van der Waals surface area contributed by atoms with E-state index < -0.39 is 0 Å². The Bertz CT molecular complexity index is 372. The first kappa shape index (κ1) is 11.7. The van der Waals surface area contributed by atoms with Crippen LogP contribution in [0.4, 0.5) is 0 Å². The van der Waals surface area contributed by atoms with Crippen molar-refractivity contribution in [2.75, 3.05) is 7.05 Å². The lowest BCUT2D eigenvalue weighted by Crippen LogP contribution is -2.36. The minimum Gasteiger partial charge on any atom is -0.283 e. The average Bonchev–Trinajstić information content (AvgIpc) is 2.15. The molecule has 82 valence electrons. The molecule has 0 bridgehead atoms. The lowest BCUT2D eigenvalue weighted by atomic mass is 9.94. The molecular formula is C12H18N2O. The Balaban J connectivity index is 3.01. The molecule has 1 amide bonds. The fourth-order valence-corrected chi connectivity index (χ4v) is 1.75. The summed E-state index contributed by atoms with van der Waals surface area (Å²) in [5.74, 6) is 5.19. The molecule has 0 aliphatic carbocycles. The van der Waals surface area contributed by atoms with Crippen molar-refractivity contribution in [3.63, 3.8) is 0 Å². The van der Waals surface area contributed by atoms with E-state index in [1.54, 1.807) is 7.05 Å². The monoisotopic (exact) mass is 206 g/mol. The Morgan fingerprint density at radius 1 is 1.40 bits per heavy atom. The van der Waals surface area contributed by atoms with Gasteiger partial charge in [0.05, 0.1) is 5.92 Å². The van der Waals surface area contributed by atoms with E-state index in [2.05, 4.69) is 6.07 Å². The summed E-state index contributed by atoms with van der Waals surface area (Å²) in [6.07, 6.45) is 0. The summed E-state index contributed by atoms with van der Waals surface area (Å²) in [4.78, 5) is 11.7. The highest BCUT2D eigenvalue weighted by atomic mass is 16.2. The molecule has 2 N–H and O–H groups in total. The number of rotatable bonds is 2. The smallest absolute Gasteiger partial charge is 0.243 e. The van der Waals surface area contributed by atoms with Crippen molar-refractivity contribution >= 4 is 5.91 Å². The van der Waals surface area contributed by atoms with E-state index >= 15 is 0 Å².